The quantitative estimate of drug-likeness (QED) is 0.0272. The number of azide groups is 1. The van der Waals surface area contributed by atoms with Crippen LogP contribution in [-0.2, 0) is 38.0 Å². The van der Waals surface area contributed by atoms with Gasteiger partial charge in [0.2, 0.25) is 11.8 Å². The van der Waals surface area contributed by atoms with Gasteiger partial charge < -0.3 is 59.7 Å². The molecule has 6 N–H and O–H groups in total. The van der Waals surface area contributed by atoms with E-state index in [0.29, 0.717) is 71.5 Å². The highest BCUT2D eigenvalue weighted by molar-refractivity contribution is 7.99. The summed E-state index contributed by atoms with van der Waals surface area (Å²) in [6, 6.07) is 0. The van der Waals surface area contributed by atoms with Gasteiger partial charge in [-0.25, -0.2) is 4.79 Å². The molecule has 0 aromatic heterocycles. The molecule has 3 amide bonds. The predicted molar refractivity (Wildman–Crippen MR) is 166 cm³/mol. The Kier molecular flexibility index (Phi) is 25.0. The normalized spacial score (nSPS) is 20.8. The van der Waals surface area contributed by atoms with Gasteiger partial charge in [0.1, 0.15) is 24.3 Å². The maximum atomic E-state index is 12.0. The number of carbonyl (C=O) groups is 3. The van der Waals surface area contributed by atoms with Crippen molar-refractivity contribution in [2.24, 2.45) is 11.0 Å². The lowest BCUT2D eigenvalue weighted by atomic mass is 9.94. The SMILES string of the molecule is CC1C(SCCC(=O)NCCOCCOCCNC(=O)CCCNC(=O)OCCOCCOCCN=[N+]=[N-])OC(CO)C(O)C1O. The van der Waals surface area contributed by atoms with Crippen LogP contribution in [0.1, 0.15) is 26.2 Å². The van der Waals surface area contributed by atoms with E-state index in [1.54, 1.807) is 6.92 Å². The summed E-state index contributed by atoms with van der Waals surface area (Å²) < 4.78 is 31.8. The van der Waals surface area contributed by atoms with Crippen molar-refractivity contribution in [2.45, 2.75) is 49.9 Å². The number of carbonyl (C=O) groups excluding carboxylic acids is 3. The molecule has 5 atom stereocenters. The summed E-state index contributed by atoms with van der Waals surface area (Å²) in [7, 11) is 0. The molecule has 0 spiro atoms. The van der Waals surface area contributed by atoms with Gasteiger partial charge in [0, 0.05) is 55.6 Å². The van der Waals surface area contributed by atoms with E-state index < -0.39 is 36.4 Å². The van der Waals surface area contributed by atoms with Crippen molar-refractivity contribution in [3.05, 3.63) is 10.4 Å². The average molecular weight is 683 g/mol. The molecule has 18 nitrogen and oxygen atoms in total. The van der Waals surface area contributed by atoms with E-state index in [0.717, 1.165) is 0 Å². The second-order valence-corrected chi connectivity index (χ2v) is 11.2. The first-order valence-electron chi connectivity index (χ1n) is 15.3. The summed E-state index contributed by atoms with van der Waals surface area (Å²) in [6.07, 6.45) is -2.66. The largest absolute Gasteiger partial charge is 0.447 e. The van der Waals surface area contributed by atoms with E-state index >= 15 is 0 Å². The third-order valence-electron chi connectivity index (χ3n) is 6.39. The van der Waals surface area contributed by atoms with Gasteiger partial charge in [-0.15, -0.1) is 11.8 Å². The van der Waals surface area contributed by atoms with Crippen LogP contribution in [0.25, 0.3) is 10.4 Å². The van der Waals surface area contributed by atoms with Crippen molar-refractivity contribution in [3.8, 4) is 0 Å². The lowest BCUT2D eigenvalue weighted by Crippen LogP contribution is -2.53. The average Bonchev–Trinajstić information content (AvgIpc) is 3.04. The van der Waals surface area contributed by atoms with Crippen LogP contribution in [0.15, 0.2) is 5.11 Å². The highest BCUT2D eigenvalue weighted by Gasteiger charge is 2.41. The van der Waals surface area contributed by atoms with Crippen LogP contribution in [0.4, 0.5) is 4.79 Å². The molecule has 0 aromatic rings. The van der Waals surface area contributed by atoms with Crippen LogP contribution in [-0.4, -0.2) is 155 Å². The fourth-order valence-corrected chi connectivity index (χ4v) is 5.08. The lowest BCUT2D eigenvalue weighted by molar-refractivity contribution is -0.181. The molecular formula is C27H50N6O12S. The third-order valence-corrected chi connectivity index (χ3v) is 7.70. The Bertz CT molecular complexity index is 886. The van der Waals surface area contributed by atoms with E-state index in [2.05, 4.69) is 26.0 Å². The Balaban J connectivity index is 1.86. The van der Waals surface area contributed by atoms with Gasteiger partial charge in [0.15, 0.2) is 0 Å². The zero-order valence-electron chi connectivity index (χ0n) is 26.4. The molecule has 0 saturated carbocycles. The molecular weight excluding hydrogens is 632 g/mol. The van der Waals surface area contributed by atoms with Crippen LogP contribution in [0.3, 0.4) is 0 Å². The molecule has 0 radical (unpaired) electrons. The fraction of sp³-hybridized carbons (Fsp3) is 0.889. The summed E-state index contributed by atoms with van der Waals surface area (Å²) in [6.45, 7) is 5.16. The van der Waals surface area contributed by atoms with Crippen molar-refractivity contribution < 1.29 is 58.1 Å². The molecule has 1 aliphatic heterocycles. The maximum Gasteiger partial charge on any atom is 0.407 e. The first kappa shape index (κ1) is 41.6. The molecule has 0 bridgehead atoms. The van der Waals surface area contributed by atoms with E-state index in [9.17, 15) is 29.7 Å². The van der Waals surface area contributed by atoms with E-state index in [1.807, 2.05) is 0 Å². The Morgan fingerprint density at radius 1 is 0.826 bits per heavy atom. The summed E-state index contributed by atoms with van der Waals surface area (Å²) >= 11 is 1.36. The van der Waals surface area contributed by atoms with Crippen LogP contribution in [0.5, 0.6) is 0 Å². The number of amides is 3. The topological polar surface area (TPSA) is 252 Å². The van der Waals surface area contributed by atoms with Crippen molar-refractivity contribution >= 4 is 29.7 Å². The summed E-state index contributed by atoms with van der Waals surface area (Å²) in [5.41, 5.74) is 7.70. The van der Waals surface area contributed by atoms with Gasteiger partial charge in [0.25, 0.3) is 0 Å². The molecule has 0 aromatic carbocycles. The second-order valence-electron chi connectivity index (χ2n) is 9.96. The highest BCUT2D eigenvalue weighted by atomic mass is 32.2. The molecule has 1 rings (SSSR count). The van der Waals surface area contributed by atoms with Gasteiger partial charge in [0.05, 0.1) is 65.6 Å². The first-order chi connectivity index (χ1) is 22.3. The number of aliphatic hydroxyl groups excluding tert-OH is 3. The van der Waals surface area contributed by atoms with Crippen molar-refractivity contribution in [2.75, 3.05) is 98.0 Å². The fourth-order valence-electron chi connectivity index (χ4n) is 3.86. The van der Waals surface area contributed by atoms with Crippen LogP contribution in [0.2, 0.25) is 0 Å². The van der Waals surface area contributed by atoms with Gasteiger partial charge >= 0.3 is 6.09 Å². The molecule has 0 aliphatic carbocycles. The molecule has 1 saturated heterocycles. The Morgan fingerprint density at radius 3 is 2.04 bits per heavy atom. The van der Waals surface area contributed by atoms with Crippen molar-refractivity contribution in [1.82, 2.24) is 16.0 Å². The lowest BCUT2D eigenvalue weighted by Gasteiger charge is -2.40. The summed E-state index contributed by atoms with van der Waals surface area (Å²) in [5, 5.41) is 40.7. The molecule has 19 heteroatoms. The second kappa shape index (κ2) is 27.6. The third kappa shape index (κ3) is 20.6. The number of rotatable bonds is 27. The molecule has 1 heterocycles. The number of hydrogen-bond donors (Lipinski definition) is 6. The highest BCUT2D eigenvalue weighted by Crippen LogP contribution is 2.32. The predicted octanol–water partition coefficient (Wildman–Crippen LogP) is -0.700. The van der Waals surface area contributed by atoms with E-state index in [4.69, 9.17) is 34.0 Å². The minimum atomic E-state index is -1.14. The van der Waals surface area contributed by atoms with Crippen LogP contribution in [0, 0.1) is 5.92 Å². The maximum absolute atomic E-state index is 12.0. The standard InChI is InChI=1S/C27H50N6O12S/c1-20-24(37)25(38)21(19-34)45-26(20)46-18-4-23(36)30-7-10-41-13-12-40-9-6-29-22(35)3-2-5-31-27(39)44-17-16-43-15-14-42-11-8-32-33-28/h20-21,24-26,34,37-38H,2-19H2,1H3,(H,29,35)(H,30,36)(H,31,39). The number of ether oxygens (including phenoxy) is 6. The molecule has 46 heavy (non-hydrogen) atoms. The summed E-state index contributed by atoms with van der Waals surface area (Å²) in [5.74, 6) is -0.198. The smallest absolute Gasteiger partial charge is 0.407 e. The molecule has 266 valence electrons. The minimum Gasteiger partial charge on any atom is -0.447 e. The first-order valence-corrected chi connectivity index (χ1v) is 16.3. The minimum absolute atomic E-state index is 0.0812. The van der Waals surface area contributed by atoms with E-state index in [1.165, 1.54) is 11.8 Å². The van der Waals surface area contributed by atoms with Gasteiger partial charge in [-0.3, -0.25) is 9.59 Å². The Hall–Kier alpha value is -2.45. The monoisotopic (exact) mass is 682 g/mol. The number of alkyl carbamates (subject to hydrolysis) is 1. The Morgan fingerprint density at radius 2 is 1.41 bits per heavy atom. The number of aliphatic hydroxyl groups is 3. The molecule has 1 aliphatic rings. The zero-order valence-corrected chi connectivity index (χ0v) is 27.2. The van der Waals surface area contributed by atoms with Gasteiger partial charge in [-0.1, -0.05) is 12.0 Å². The van der Waals surface area contributed by atoms with Crippen molar-refractivity contribution in [3.63, 3.8) is 0 Å². The van der Waals surface area contributed by atoms with Gasteiger partial charge in [-0.05, 0) is 12.0 Å². The van der Waals surface area contributed by atoms with Crippen LogP contribution >= 0.6 is 11.8 Å². The van der Waals surface area contributed by atoms with E-state index in [-0.39, 0.29) is 56.9 Å². The van der Waals surface area contributed by atoms with Crippen LogP contribution < -0.4 is 16.0 Å². The number of hydrogen-bond acceptors (Lipinski definition) is 14. The molecule has 1 fully saturated rings. The number of nitrogens with one attached hydrogen (secondary N) is 3. The zero-order chi connectivity index (χ0) is 33.8. The summed E-state index contributed by atoms with van der Waals surface area (Å²) in [4.78, 5) is 38.1. The number of nitrogens with zero attached hydrogens (tertiary/aromatic N) is 3. The van der Waals surface area contributed by atoms with Crippen molar-refractivity contribution in [1.29, 1.82) is 0 Å². The molecule has 5 unspecified atom stereocenters. The van der Waals surface area contributed by atoms with Gasteiger partial charge in [-0.2, -0.15) is 0 Å². The number of thioether (sulfide) groups is 1. The Labute approximate surface area is 273 Å².